The molecule has 0 atom stereocenters. The predicted octanol–water partition coefficient (Wildman–Crippen LogP) is 4.61. The number of nitrogens with two attached hydrogens (primary N) is 1. The fraction of sp³-hybridized carbons (Fsp3) is 0.310. The molecule has 3 heterocycles. The molecule has 2 aromatic heterocycles. The Balaban J connectivity index is 1.53. The second-order valence-electron chi connectivity index (χ2n) is 9.67. The zero-order valence-corrected chi connectivity index (χ0v) is 22.6. The molecule has 0 aliphatic carbocycles. The third-order valence-corrected chi connectivity index (χ3v) is 6.81. The molecule has 2 aromatic carbocycles. The third kappa shape index (κ3) is 5.45. The monoisotopic (exact) mass is 546 g/mol. The lowest BCUT2D eigenvalue weighted by Crippen LogP contribution is -2.36. The van der Waals surface area contributed by atoms with Gasteiger partial charge in [-0.3, -0.25) is 4.57 Å². The Bertz CT molecular complexity index is 1570. The lowest BCUT2D eigenvalue weighted by molar-refractivity contribution is 0.570. The normalized spacial score (nSPS) is 12.7. The number of hydrogen-bond acceptors (Lipinski definition) is 8. The van der Waals surface area contributed by atoms with Gasteiger partial charge >= 0.3 is 5.69 Å². The van der Waals surface area contributed by atoms with E-state index in [1.54, 1.807) is 6.20 Å². The fourth-order valence-electron chi connectivity index (χ4n) is 4.98. The van der Waals surface area contributed by atoms with E-state index in [9.17, 15) is 4.79 Å². The number of nitrogen functional groups attached to an aromatic ring is 1. The highest BCUT2D eigenvalue weighted by molar-refractivity contribution is 5.71. The van der Waals surface area contributed by atoms with E-state index < -0.39 is 17.3 Å². The molecule has 1 aliphatic heterocycles. The van der Waals surface area contributed by atoms with Gasteiger partial charge in [-0.05, 0) is 43.2 Å². The maximum atomic E-state index is 15.2. The summed E-state index contributed by atoms with van der Waals surface area (Å²) in [6.45, 7) is 7.21. The van der Waals surface area contributed by atoms with E-state index in [1.165, 1.54) is 12.3 Å². The van der Waals surface area contributed by atoms with Crippen molar-refractivity contribution >= 4 is 23.1 Å². The Labute approximate surface area is 231 Å². The maximum Gasteiger partial charge on any atom is 0.354 e. The van der Waals surface area contributed by atoms with Crippen molar-refractivity contribution < 1.29 is 8.78 Å². The van der Waals surface area contributed by atoms with Crippen molar-refractivity contribution in [3.63, 3.8) is 0 Å². The summed E-state index contributed by atoms with van der Waals surface area (Å²) in [6.07, 6.45) is 5.09. The maximum absolute atomic E-state index is 15.2. The van der Waals surface area contributed by atoms with Crippen LogP contribution in [0.4, 0.5) is 31.9 Å². The molecule has 0 fully saturated rings. The van der Waals surface area contributed by atoms with Gasteiger partial charge < -0.3 is 20.9 Å². The summed E-state index contributed by atoms with van der Waals surface area (Å²) in [5.74, 6) is -0.334. The zero-order chi connectivity index (χ0) is 28.2. The minimum Gasteiger partial charge on any atom is -0.383 e. The average molecular weight is 547 g/mol. The van der Waals surface area contributed by atoms with Crippen molar-refractivity contribution in [2.75, 3.05) is 47.0 Å². The lowest BCUT2D eigenvalue weighted by atomic mass is 10.1. The van der Waals surface area contributed by atoms with Gasteiger partial charge in [0.15, 0.2) is 11.6 Å². The van der Waals surface area contributed by atoms with Gasteiger partial charge in [0.25, 0.3) is 0 Å². The SMILES string of the molecule is CCCN(CCC)c1cccc(-c2cnc3c(n2)N(Cc2c(F)ccc(F)c2-n2ccc(N)nc2=O)CCN3)c1. The smallest absolute Gasteiger partial charge is 0.354 e. The number of nitrogens with zero attached hydrogens (tertiary/aromatic N) is 6. The molecule has 5 rings (SSSR count). The van der Waals surface area contributed by atoms with Gasteiger partial charge in [0.05, 0.1) is 17.6 Å². The van der Waals surface area contributed by atoms with Gasteiger partial charge in [-0.2, -0.15) is 4.98 Å². The lowest BCUT2D eigenvalue weighted by Gasteiger charge is -2.31. The minimum atomic E-state index is -0.798. The van der Waals surface area contributed by atoms with E-state index >= 15 is 8.78 Å². The highest BCUT2D eigenvalue weighted by Gasteiger charge is 2.25. The Morgan fingerprint density at radius 3 is 2.58 bits per heavy atom. The van der Waals surface area contributed by atoms with Gasteiger partial charge in [-0.15, -0.1) is 0 Å². The van der Waals surface area contributed by atoms with Crippen LogP contribution in [0.5, 0.6) is 0 Å². The van der Waals surface area contributed by atoms with Crippen LogP contribution < -0.4 is 26.5 Å². The molecule has 4 aromatic rings. The van der Waals surface area contributed by atoms with Gasteiger partial charge in [0, 0.05) is 55.7 Å². The van der Waals surface area contributed by atoms with Crippen LogP contribution in [0.3, 0.4) is 0 Å². The largest absolute Gasteiger partial charge is 0.383 e. The Morgan fingerprint density at radius 1 is 1.05 bits per heavy atom. The van der Waals surface area contributed by atoms with Crippen LogP contribution >= 0.6 is 0 Å². The highest BCUT2D eigenvalue weighted by Crippen LogP contribution is 2.32. The number of hydrogen-bond donors (Lipinski definition) is 2. The molecule has 3 N–H and O–H groups in total. The molecule has 0 unspecified atom stereocenters. The summed E-state index contributed by atoms with van der Waals surface area (Å²) in [7, 11) is 0. The van der Waals surface area contributed by atoms with Crippen LogP contribution in [0, 0.1) is 11.6 Å². The van der Waals surface area contributed by atoms with Gasteiger partial charge in [0.1, 0.15) is 17.5 Å². The Hall–Kier alpha value is -4.54. The zero-order valence-electron chi connectivity index (χ0n) is 22.6. The Kier molecular flexibility index (Phi) is 7.90. The van der Waals surface area contributed by atoms with Crippen LogP contribution in [0.25, 0.3) is 16.9 Å². The topological polar surface area (TPSA) is 105 Å². The summed E-state index contributed by atoms with van der Waals surface area (Å²) in [6, 6.07) is 11.6. The van der Waals surface area contributed by atoms with E-state index in [1.807, 2.05) is 17.0 Å². The second-order valence-corrected chi connectivity index (χ2v) is 9.67. The Morgan fingerprint density at radius 2 is 1.82 bits per heavy atom. The average Bonchev–Trinajstić information content (AvgIpc) is 2.95. The van der Waals surface area contributed by atoms with E-state index in [0.717, 1.165) is 53.9 Å². The first-order chi connectivity index (χ1) is 19.4. The molecular weight excluding hydrogens is 514 g/mol. The van der Waals surface area contributed by atoms with Crippen molar-refractivity contribution in [2.45, 2.75) is 33.2 Å². The first-order valence-electron chi connectivity index (χ1n) is 13.4. The molecule has 40 heavy (non-hydrogen) atoms. The van der Waals surface area contributed by atoms with E-state index in [0.29, 0.717) is 30.4 Å². The quantitative estimate of drug-likeness (QED) is 0.314. The number of halogens is 2. The molecule has 0 saturated heterocycles. The van der Waals surface area contributed by atoms with Crippen LogP contribution in [0.2, 0.25) is 0 Å². The molecule has 208 valence electrons. The van der Waals surface area contributed by atoms with E-state index in [4.69, 9.17) is 10.7 Å². The minimum absolute atomic E-state index is 0.00461. The number of anilines is 4. The number of benzene rings is 2. The first kappa shape index (κ1) is 27.0. The van der Waals surface area contributed by atoms with E-state index in [-0.39, 0.29) is 23.6 Å². The molecule has 0 amide bonds. The number of aromatic nitrogens is 4. The highest BCUT2D eigenvalue weighted by atomic mass is 19.1. The van der Waals surface area contributed by atoms with Gasteiger partial charge in [-0.1, -0.05) is 26.0 Å². The van der Waals surface area contributed by atoms with Crippen LogP contribution in [0.15, 0.2) is 59.7 Å². The van der Waals surface area contributed by atoms with Gasteiger partial charge in [0.2, 0.25) is 0 Å². The standard InChI is InChI=1S/C29H32F2N8O/c1-3-12-37(13-4-2)20-7-5-6-19(16-20)24-17-34-27-28(35-24)38(15-11-33-27)18-21-22(30)8-9-23(31)26(21)39-14-10-25(32)36-29(39)40/h5-10,14,16-17H,3-4,11-13,15,18H2,1-2H3,(H,33,34)(H2,32,36,40). The number of rotatable bonds is 9. The molecule has 11 heteroatoms. The predicted molar refractivity (Wildman–Crippen MR) is 154 cm³/mol. The summed E-state index contributed by atoms with van der Waals surface area (Å²) in [4.78, 5) is 29.9. The summed E-state index contributed by atoms with van der Waals surface area (Å²) in [5.41, 5.74) is 7.30. The summed E-state index contributed by atoms with van der Waals surface area (Å²) < 4.78 is 31.3. The van der Waals surface area contributed by atoms with Crippen molar-refractivity contribution in [1.29, 1.82) is 0 Å². The van der Waals surface area contributed by atoms with Gasteiger partial charge in [-0.25, -0.2) is 23.5 Å². The first-order valence-corrected chi connectivity index (χ1v) is 13.4. The van der Waals surface area contributed by atoms with Crippen LogP contribution in [-0.4, -0.2) is 45.7 Å². The molecule has 0 bridgehead atoms. The molecule has 1 aliphatic rings. The third-order valence-electron chi connectivity index (χ3n) is 6.81. The fourth-order valence-corrected chi connectivity index (χ4v) is 4.98. The summed E-state index contributed by atoms with van der Waals surface area (Å²) in [5, 5.41) is 3.24. The number of fused-ring (bicyclic) bond motifs is 1. The molecule has 0 radical (unpaired) electrons. The molecular formula is C29H32F2N8O. The second kappa shape index (κ2) is 11.7. The van der Waals surface area contributed by atoms with Crippen molar-refractivity contribution in [3.8, 4) is 16.9 Å². The molecule has 0 saturated carbocycles. The molecule has 9 nitrogen and oxygen atoms in total. The van der Waals surface area contributed by atoms with Crippen LogP contribution in [-0.2, 0) is 6.54 Å². The molecule has 0 spiro atoms. The van der Waals surface area contributed by atoms with Crippen molar-refractivity contribution in [3.05, 3.63) is 82.5 Å². The summed E-state index contributed by atoms with van der Waals surface area (Å²) >= 11 is 0. The van der Waals surface area contributed by atoms with Crippen LogP contribution in [0.1, 0.15) is 32.3 Å². The van der Waals surface area contributed by atoms with Crippen molar-refractivity contribution in [2.24, 2.45) is 0 Å². The van der Waals surface area contributed by atoms with E-state index in [2.05, 4.69) is 46.2 Å². The number of nitrogens with one attached hydrogen (secondary N) is 1. The van der Waals surface area contributed by atoms with Crippen molar-refractivity contribution in [1.82, 2.24) is 19.5 Å².